The molecular formula is C26H30N4O5. The normalized spacial score (nSPS) is 17.7. The van der Waals surface area contributed by atoms with E-state index in [9.17, 15) is 14.4 Å². The number of carboxylic acid groups (broad SMARTS) is 1. The summed E-state index contributed by atoms with van der Waals surface area (Å²) in [4.78, 5) is 40.9. The van der Waals surface area contributed by atoms with Gasteiger partial charge < -0.3 is 15.2 Å². The lowest BCUT2D eigenvalue weighted by molar-refractivity contribution is 0.0696. The van der Waals surface area contributed by atoms with E-state index in [1.165, 1.54) is 12.1 Å². The molecule has 1 aromatic heterocycles. The number of nitrogens with one attached hydrogen (secondary N) is 1. The summed E-state index contributed by atoms with van der Waals surface area (Å²) in [5.41, 5.74) is -0.152. The minimum absolute atomic E-state index is 0.138. The van der Waals surface area contributed by atoms with Gasteiger partial charge in [0.05, 0.1) is 5.56 Å². The summed E-state index contributed by atoms with van der Waals surface area (Å²) in [6.45, 7) is 4.80. The van der Waals surface area contributed by atoms with E-state index >= 15 is 0 Å². The van der Waals surface area contributed by atoms with Crippen molar-refractivity contribution in [1.29, 1.82) is 0 Å². The van der Waals surface area contributed by atoms with Gasteiger partial charge in [-0.3, -0.25) is 4.57 Å². The van der Waals surface area contributed by atoms with E-state index in [1.54, 1.807) is 47.9 Å². The van der Waals surface area contributed by atoms with E-state index in [2.05, 4.69) is 17.2 Å². The smallest absolute Gasteiger partial charge is 0.354 e. The van der Waals surface area contributed by atoms with Crippen LogP contribution in [0.5, 0.6) is 11.5 Å². The molecule has 35 heavy (non-hydrogen) atoms. The molecule has 0 saturated heterocycles. The molecule has 0 unspecified atom stereocenters. The number of nitrogens with zero attached hydrogens (tertiary/aromatic N) is 3. The fourth-order valence-corrected chi connectivity index (χ4v) is 4.39. The van der Waals surface area contributed by atoms with Crippen molar-refractivity contribution in [2.45, 2.75) is 52.6 Å². The van der Waals surface area contributed by atoms with Gasteiger partial charge in [-0.1, -0.05) is 25.8 Å². The first kappa shape index (κ1) is 24.3. The predicted molar refractivity (Wildman–Crippen MR) is 133 cm³/mol. The Bertz CT molecular complexity index is 1300. The first-order chi connectivity index (χ1) is 16.8. The Morgan fingerprint density at radius 3 is 2.43 bits per heavy atom. The van der Waals surface area contributed by atoms with Gasteiger partial charge in [0.2, 0.25) is 5.95 Å². The lowest BCUT2D eigenvalue weighted by atomic mass is 9.83. The van der Waals surface area contributed by atoms with Crippen LogP contribution in [-0.4, -0.2) is 25.2 Å². The number of rotatable bonds is 8. The number of anilines is 2. The fraction of sp³-hybridized carbons (Fsp3) is 0.385. The Kier molecular flexibility index (Phi) is 7.33. The molecule has 1 aliphatic carbocycles. The Labute approximate surface area is 203 Å². The van der Waals surface area contributed by atoms with Crippen molar-refractivity contribution in [2.75, 3.05) is 5.32 Å². The first-order valence-corrected chi connectivity index (χ1v) is 11.9. The summed E-state index contributed by atoms with van der Waals surface area (Å²) < 4.78 is 8.49. The van der Waals surface area contributed by atoms with Gasteiger partial charge in [0, 0.05) is 18.8 Å². The molecule has 9 heteroatoms. The van der Waals surface area contributed by atoms with E-state index in [-0.39, 0.29) is 23.7 Å². The lowest BCUT2D eigenvalue weighted by Gasteiger charge is -2.27. The number of benzene rings is 2. The number of aromatic carboxylic acids is 1. The molecule has 0 spiro atoms. The highest BCUT2D eigenvalue weighted by Gasteiger charge is 2.22. The van der Waals surface area contributed by atoms with Gasteiger partial charge >= 0.3 is 17.3 Å². The van der Waals surface area contributed by atoms with Crippen LogP contribution >= 0.6 is 0 Å². The molecule has 0 atom stereocenters. The maximum absolute atomic E-state index is 13.1. The van der Waals surface area contributed by atoms with Crippen LogP contribution in [0.4, 0.5) is 11.6 Å². The molecule has 184 valence electrons. The standard InChI is InChI=1S/C26H30N4O5/c1-3-29-25(33)28-24(30(26(29)34)16-18-9-7-17(2)8-10-18)27-20-11-13-21(14-12-20)35-22-6-4-5-19(15-22)23(31)32/h4-6,11-15,17-18H,3,7-10,16H2,1-2H3,(H,31,32)(H,27,28,33). The number of hydrogen-bond donors (Lipinski definition) is 2. The summed E-state index contributed by atoms with van der Waals surface area (Å²) in [6, 6.07) is 13.2. The second-order valence-electron chi connectivity index (χ2n) is 9.07. The summed E-state index contributed by atoms with van der Waals surface area (Å²) in [6.07, 6.45) is 4.38. The van der Waals surface area contributed by atoms with Gasteiger partial charge in [0.15, 0.2) is 0 Å². The molecule has 1 aliphatic rings. The van der Waals surface area contributed by atoms with Crippen molar-refractivity contribution in [2.24, 2.45) is 11.8 Å². The molecule has 0 aliphatic heterocycles. The van der Waals surface area contributed by atoms with Crippen LogP contribution in [0.25, 0.3) is 0 Å². The van der Waals surface area contributed by atoms with Gasteiger partial charge in [-0.2, -0.15) is 4.98 Å². The van der Waals surface area contributed by atoms with Crippen molar-refractivity contribution in [1.82, 2.24) is 14.1 Å². The Hall–Kier alpha value is -3.88. The van der Waals surface area contributed by atoms with Crippen LogP contribution in [0.3, 0.4) is 0 Å². The average Bonchev–Trinajstić information content (AvgIpc) is 2.84. The van der Waals surface area contributed by atoms with Crippen LogP contribution in [0.2, 0.25) is 0 Å². The summed E-state index contributed by atoms with van der Waals surface area (Å²) >= 11 is 0. The second-order valence-corrected chi connectivity index (χ2v) is 9.07. The van der Waals surface area contributed by atoms with Gasteiger partial charge in [0.25, 0.3) is 0 Å². The topological polar surface area (TPSA) is 115 Å². The molecule has 9 nitrogen and oxygen atoms in total. The first-order valence-electron chi connectivity index (χ1n) is 11.9. The summed E-state index contributed by atoms with van der Waals surface area (Å²) in [5, 5.41) is 12.3. The Morgan fingerprint density at radius 1 is 1.06 bits per heavy atom. The third-order valence-corrected chi connectivity index (χ3v) is 6.47. The van der Waals surface area contributed by atoms with E-state index in [0.717, 1.165) is 30.3 Å². The molecule has 3 aromatic rings. The Morgan fingerprint density at radius 2 is 1.77 bits per heavy atom. The van der Waals surface area contributed by atoms with Crippen molar-refractivity contribution in [3.8, 4) is 11.5 Å². The maximum atomic E-state index is 13.1. The quantitative estimate of drug-likeness (QED) is 0.490. The zero-order valence-electron chi connectivity index (χ0n) is 19.9. The van der Waals surface area contributed by atoms with Gasteiger partial charge in [-0.05, 0) is 74.1 Å². The third-order valence-electron chi connectivity index (χ3n) is 6.47. The van der Waals surface area contributed by atoms with E-state index in [0.29, 0.717) is 35.6 Å². The van der Waals surface area contributed by atoms with E-state index < -0.39 is 11.7 Å². The van der Waals surface area contributed by atoms with E-state index in [4.69, 9.17) is 9.84 Å². The number of ether oxygens (including phenoxy) is 1. The van der Waals surface area contributed by atoms with Crippen molar-refractivity contribution < 1.29 is 14.6 Å². The van der Waals surface area contributed by atoms with Crippen molar-refractivity contribution >= 4 is 17.6 Å². The summed E-state index contributed by atoms with van der Waals surface area (Å²) in [5.74, 6) is 1.20. The largest absolute Gasteiger partial charge is 0.478 e. The van der Waals surface area contributed by atoms with Gasteiger partial charge in [-0.25, -0.2) is 19.0 Å². The second kappa shape index (κ2) is 10.6. The molecule has 1 fully saturated rings. The molecule has 1 saturated carbocycles. The molecular weight excluding hydrogens is 448 g/mol. The number of carboxylic acids is 1. The minimum atomic E-state index is -1.03. The molecule has 0 amide bonds. The highest BCUT2D eigenvalue weighted by molar-refractivity contribution is 5.88. The maximum Gasteiger partial charge on any atom is 0.354 e. The molecule has 0 radical (unpaired) electrons. The zero-order valence-corrected chi connectivity index (χ0v) is 19.9. The van der Waals surface area contributed by atoms with Gasteiger partial charge in [-0.15, -0.1) is 0 Å². The third kappa shape index (κ3) is 5.79. The molecule has 2 N–H and O–H groups in total. The fourth-order valence-electron chi connectivity index (χ4n) is 4.39. The highest BCUT2D eigenvalue weighted by Crippen LogP contribution is 2.30. The molecule has 1 heterocycles. The Balaban J connectivity index is 1.55. The van der Waals surface area contributed by atoms with Crippen LogP contribution in [0.15, 0.2) is 58.1 Å². The monoisotopic (exact) mass is 478 g/mol. The average molecular weight is 479 g/mol. The van der Waals surface area contributed by atoms with Crippen LogP contribution < -0.4 is 21.4 Å². The lowest BCUT2D eigenvalue weighted by Crippen LogP contribution is -2.43. The highest BCUT2D eigenvalue weighted by atomic mass is 16.5. The molecule has 4 rings (SSSR count). The zero-order chi connectivity index (χ0) is 24.9. The number of carbonyl (C=O) groups is 1. The SMILES string of the molecule is CCn1c(=O)nc(Nc2ccc(Oc3cccc(C(=O)O)c3)cc2)n(CC2CCC(C)CC2)c1=O. The predicted octanol–water partition coefficient (Wildman–Crippen LogP) is 4.49. The molecule has 2 aromatic carbocycles. The van der Waals surface area contributed by atoms with Crippen molar-refractivity contribution in [3.63, 3.8) is 0 Å². The molecule has 0 bridgehead atoms. The van der Waals surface area contributed by atoms with Crippen molar-refractivity contribution in [3.05, 3.63) is 75.1 Å². The number of aromatic nitrogens is 3. The van der Waals surface area contributed by atoms with E-state index in [1.807, 2.05) is 0 Å². The summed E-state index contributed by atoms with van der Waals surface area (Å²) in [7, 11) is 0. The number of hydrogen-bond acceptors (Lipinski definition) is 6. The van der Waals surface area contributed by atoms with Gasteiger partial charge in [0.1, 0.15) is 11.5 Å². The van der Waals surface area contributed by atoms with Crippen LogP contribution in [0.1, 0.15) is 49.9 Å². The van der Waals surface area contributed by atoms with Crippen LogP contribution in [-0.2, 0) is 13.1 Å². The van der Waals surface area contributed by atoms with Crippen LogP contribution in [0, 0.1) is 11.8 Å². The minimum Gasteiger partial charge on any atom is -0.478 e.